The first-order valence-corrected chi connectivity index (χ1v) is 21.1. The lowest BCUT2D eigenvalue weighted by atomic mass is 9.33. The highest BCUT2D eigenvalue weighted by Crippen LogP contribution is 2.77. The number of ketones is 1. The predicted molar refractivity (Wildman–Crippen MR) is 212 cm³/mol. The molecule has 1 heterocycles. The van der Waals surface area contributed by atoms with Crippen LogP contribution in [0, 0.1) is 50.7 Å². The van der Waals surface area contributed by atoms with E-state index in [4.69, 9.17) is 25.9 Å². The van der Waals surface area contributed by atoms with Gasteiger partial charge < -0.3 is 14.3 Å². The number of carboxylic acid groups (broad SMARTS) is 1. The number of halogens is 1. The zero-order valence-electron chi connectivity index (χ0n) is 35.0. The van der Waals surface area contributed by atoms with Crippen molar-refractivity contribution >= 4 is 29.3 Å². The summed E-state index contributed by atoms with van der Waals surface area (Å²) in [6.45, 7) is 23.9. The number of carbonyl (C=O) groups is 3. The molecule has 0 radical (unpaired) electrons. The second kappa shape index (κ2) is 13.0. The molecule has 1 unspecified atom stereocenters. The SMILES string of the molecule is CC(C)C1=C2C3CC[C@@H]4[C@@]5(C)CC[C@H](OC(=O)CC(C)(C)C(=O)O)C(C)(C)[C@@H]5CC[C@@]4(C)[C@]3(C)CC[C@@]2(c2nnc(C(C)(C)c3ccc(Cl)cc3)o2)CC1=O. The van der Waals surface area contributed by atoms with Gasteiger partial charge in [-0.2, -0.15) is 0 Å². The molecule has 0 saturated heterocycles. The summed E-state index contributed by atoms with van der Waals surface area (Å²) in [5, 5.41) is 19.8. The number of rotatable bonds is 8. The number of allylic oxidation sites excluding steroid dienone is 2. The Labute approximate surface area is 333 Å². The first-order chi connectivity index (χ1) is 25.5. The topological polar surface area (TPSA) is 120 Å². The van der Waals surface area contributed by atoms with E-state index in [1.165, 1.54) is 5.57 Å². The summed E-state index contributed by atoms with van der Waals surface area (Å²) >= 11 is 6.23. The molecule has 1 aromatic heterocycles. The Morgan fingerprint density at radius 3 is 2.22 bits per heavy atom. The fraction of sp³-hybridized carbons (Fsp3) is 0.717. The van der Waals surface area contributed by atoms with Crippen molar-refractivity contribution in [2.45, 2.75) is 157 Å². The van der Waals surface area contributed by atoms with Crippen molar-refractivity contribution in [1.82, 2.24) is 10.2 Å². The first-order valence-electron chi connectivity index (χ1n) is 20.8. The largest absolute Gasteiger partial charge is 0.481 e. The minimum atomic E-state index is -1.17. The van der Waals surface area contributed by atoms with Gasteiger partial charge in [-0.05, 0) is 148 Å². The number of aromatic nitrogens is 2. The van der Waals surface area contributed by atoms with Crippen molar-refractivity contribution in [2.24, 2.45) is 50.7 Å². The normalized spacial score (nSPS) is 35.8. The standard InChI is InChI=1S/C46H63ClN2O6/c1-26(2)35-30(50)24-46(38-49-48-37(55-38)41(5,6)27-12-14-28(47)15-13-27)23-22-44(10)29(36(35)46)16-17-32-43(9)20-19-33(54-34(51)25-40(3,4)39(52)53)42(7,8)31(43)18-21-45(32,44)11/h12-15,26,29,31-33H,16-25H2,1-11H3,(H,52,53)/t29?,31-,32+,33-,43-,44+,45+,46+/m0/s1. The van der Waals surface area contributed by atoms with Crippen LogP contribution >= 0.6 is 11.6 Å². The molecule has 8 nitrogen and oxygen atoms in total. The van der Waals surface area contributed by atoms with E-state index in [1.807, 2.05) is 24.3 Å². The van der Waals surface area contributed by atoms with Gasteiger partial charge in [0.15, 0.2) is 5.78 Å². The van der Waals surface area contributed by atoms with E-state index in [0.29, 0.717) is 35.1 Å². The summed E-state index contributed by atoms with van der Waals surface area (Å²) in [7, 11) is 0. The number of aliphatic carboxylic acids is 1. The van der Waals surface area contributed by atoms with Crippen LogP contribution < -0.4 is 0 Å². The van der Waals surface area contributed by atoms with Crippen LogP contribution in [0.4, 0.5) is 0 Å². The van der Waals surface area contributed by atoms with E-state index in [0.717, 1.165) is 62.5 Å². The molecule has 0 aliphatic heterocycles. The monoisotopic (exact) mass is 774 g/mol. The molecule has 5 aliphatic rings. The third-order valence-corrected chi connectivity index (χ3v) is 17.0. The highest BCUT2D eigenvalue weighted by molar-refractivity contribution is 6.30. The van der Waals surface area contributed by atoms with E-state index in [2.05, 4.69) is 67.4 Å². The quantitative estimate of drug-likeness (QED) is 0.263. The van der Waals surface area contributed by atoms with E-state index in [1.54, 1.807) is 13.8 Å². The van der Waals surface area contributed by atoms with Crippen LogP contribution in [0.2, 0.25) is 5.02 Å². The summed E-state index contributed by atoms with van der Waals surface area (Å²) in [4.78, 5) is 39.2. The molecule has 4 saturated carbocycles. The molecule has 300 valence electrons. The maximum Gasteiger partial charge on any atom is 0.309 e. The zero-order chi connectivity index (χ0) is 40.3. The summed E-state index contributed by atoms with van der Waals surface area (Å²) < 4.78 is 13.0. The molecular formula is C46H63ClN2O6. The van der Waals surface area contributed by atoms with Crippen molar-refractivity contribution in [3.05, 3.63) is 57.8 Å². The highest BCUT2D eigenvalue weighted by atomic mass is 35.5. The molecule has 0 spiro atoms. The third-order valence-electron chi connectivity index (χ3n) is 16.7. The van der Waals surface area contributed by atoms with Crippen LogP contribution in [0.5, 0.6) is 0 Å². The molecule has 0 amide bonds. The molecule has 2 aromatic rings. The Balaban J connectivity index is 1.21. The first kappa shape index (κ1) is 40.2. The maximum atomic E-state index is 14.3. The Morgan fingerprint density at radius 2 is 1.58 bits per heavy atom. The lowest BCUT2D eigenvalue weighted by Crippen LogP contribution is -2.66. The second-order valence-electron chi connectivity index (χ2n) is 21.0. The number of benzene rings is 1. The number of Topliss-reactive ketones (excluding diaryl/α,β-unsaturated/α-hetero) is 1. The number of fused-ring (bicyclic) bond motifs is 7. The van der Waals surface area contributed by atoms with Crippen LogP contribution in [-0.4, -0.2) is 39.1 Å². The molecule has 7 rings (SSSR count). The van der Waals surface area contributed by atoms with Crippen molar-refractivity contribution in [2.75, 3.05) is 0 Å². The van der Waals surface area contributed by atoms with Crippen LogP contribution in [0.15, 0.2) is 39.8 Å². The summed E-state index contributed by atoms with van der Waals surface area (Å²) in [5.74, 6) is 1.12. The Kier molecular flexibility index (Phi) is 9.51. The summed E-state index contributed by atoms with van der Waals surface area (Å²) in [6, 6.07) is 7.80. The number of esters is 1. The average Bonchev–Trinajstić information content (AvgIpc) is 3.71. The predicted octanol–water partition coefficient (Wildman–Crippen LogP) is 10.7. The van der Waals surface area contributed by atoms with Gasteiger partial charge in [0, 0.05) is 16.9 Å². The van der Waals surface area contributed by atoms with Gasteiger partial charge in [-0.25, -0.2) is 0 Å². The van der Waals surface area contributed by atoms with Crippen molar-refractivity contribution in [1.29, 1.82) is 0 Å². The minimum absolute atomic E-state index is 0.0329. The molecule has 1 aromatic carbocycles. The summed E-state index contributed by atoms with van der Waals surface area (Å²) in [6.07, 6.45) is 7.75. The van der Waals surface area contributed by atoms with Crippen LogP contribution in [0.1, 0.15) is 158 Å². The van der Waals surface area contributed by atoms with Gasteiger partial charge >= 0.3 is 11.9 Å². The van der Waals surface area contributed by atoms with E-state index < -0.39 is 28.2 Å². The van der Waals surface area contributed by atoms with Gasteiger partial charge in [-0.15, -0.1) is 10.2 Å². The number of hydrogen-bond acceptors (Lipinski definition) is 7. The van der Waals surface area contributed by atoms with Crippen molar-refractivity contribution < 1.29 is 28.6 Å². The van der Waals surface area contributed by atoms with E-state index in [9.17, 15) is 19.5 Å². The number of hydrogen-bond donors (Lipinski definition) is 1. The number of carboxylic acids is 1. The minimum Gasteiger partial charge on any atom is -0.481 e. The third kappa shape index (κ3) is 5.82. The van der Waals surface area contributed by atoms with Crippen LogP contribution in [0.3, 0.4) is 0 Å². The van der Waals surface area contributed by atoms with Crippen LogP contribution in [-0.2, 0) is 30.0 Å². The molecule has 1 N–H and O–H groups in total. The van der Waals surface area contributed by atoms with Gasteiger partial charge in [0.1, 0.15) is 6.10 Å². The van der Waals surface area contributed by atoms with Crippen molar-refractivity contribution in [3.63, 3.8) is 0 Å². The molecule has 8 atom stereocenters. The molecule has 0 bridgehead atoms. The van der Waals surface area contributed by atoms with Crippen molar-refractivity contribution in [3.8, 4) is 0 Å². The van der Waals surface area contributed by atoms with Gasteiger partial charge in [-0.3, -0.25) is 14.4 Å². The number of ether oxygens (including phenoxy) is 1. The maximum absolute atomic E-state index is 14.3. The highest BCUT2D eigenvalue weighted by Gasteiger charge is 2.71. The average molecular weight is 775 g/mol. The molecule has 5 aliphatic carbocycles. The Hall–Kier alpha value is -3.00. The molecule has 55 heavy (non-hydrogen) atoms. The van der Waals surface area contributed by atoms with Gasteiger partial charge in [0.2, 0.25) is 11.8 Å². The van der Waals surface area contributed by atoms with Crippen LogP contribution in [0.25, 0.3) is 0 Å². The molecular weight excluding hydrogens is 712 g/mol. The Bertz CT molecular complexity index is 1920. The van der Waals surface area contributed by atoms with E-state index in [-0.39, 0.29) is 51.8 Å². The lowest BCUT2D eigenvalue weighted by Gasteiger charge is -2.72. The Morgan fingerprint density at radius 1 is 0.909 bits per heavy atom. The fourth-order valence-corrected chi connectivity index (χ4v) is 13.5. The zero-order valence-corrected chi connectivity index (χ0v) is 35.8. The van der Waals surface area contributed by atoms with Gasteiger partial charge in [0.25, 0.3) is 0 Å². The number of nitrogens with zero attached hydrogens (tertiary/aromatic N) is 2. The van der Waals surface area contributed by atoms with Gasteiger partial charge in [0.05, 0.1) is 22.7 Å². The van der Waals surface area contributed by atoms with E-state index >= 15 is 0 Å². The second-order valence-corrected chi connectivity index (χ2v) is 21.5. The number of carbonyl (C=O) groups excluding carboxylic acids is 2. The lowest BCUT2D eigenvalue weighted by molar-refractivity contribution is -0.232. The summed E-state index contributed by atoms with van der Waals surface area (Å²) in [5.41, 5.74) is 0.817. The molecule has 9 heteroatoms. The van der Waals surface area contributed by atoms with Gasteiger partial charge in [-0.1, -0.05) is 72.2 Å². The smallest absolute Gasteiger partial charge is 0.309 e. The molecule has 4 fully saturated rings. The fourth-order valence-electron chi connectivity index (χ4n) is 13.4.